The van der Waals surface area contributed by atoms with Gasteiger partial charge in [-0.15, -0.1) is 0 Å². The molecule has 1 aliphatic carbocycles. The molecule has 110 valence electrons. The third-order valence-electron chi connectivity index (χ3n) is 5.25. The number of nitrogens with zero attached hydrogens (tertiary/aromatic N) is 1. The van der Waals surface area contributed by atoms with Crippen molar-refractivity contribution >= 4 is 0 Å². The topological polar surface area (TPSA) is 24.5 Å². The molecular weight excluding hydrogens is 236 g/mol. The lowest BCUT2D eigenvalue weighted by molar-refractivity contribution is 0.0910. The fraction of sp³-hybridized carbons (Fsp3) is 1.00. The molecule has 0 spiro atoms. The molecule has 2 unspecified atom stereocenters. The van der Waals surface area contributed by atoms with Crippen molar-refractivity contribution < 1.29 is 4.74 Å². The largest absolute Gasteiger partial charge is 0.381 e. The van der Waals surface area contributed by atoms with Gasteiger partial charge >= 0.3 is 0 Å². The van der Waals surface area contributed by atoms with Gasteiger partial charge in [0, 0.05) is 37.2 Å². The van der Waals surface area contributed by atoms with Gasteiger partial charge in [-0.05, 0) is 44.6 Å². The molecule has 3 aliphatic rings. The van der Waals surface area contributed by atoms with Crippen LogP contribution in [0.25, 0.3) is 0 Å². The molecule has 3 fully saturated rings. The summed E-state index contributed by atoms with van der Waals surface area (Å²) in [6.45, 7) is 10.4. The van der Waals surface area contributed by atoms with E-state index in [0.29, 0.717) is 5.41 Å². The summed E-state index contributed by atoms with van der Waals surface area (Å²) < 4.78 is 5.75. The molecule has 0 bridgehead atoms. The second kappa shape index (κ2) is 5.71. The average Bonchev–Trinajstić information content (AvgIpc) is 2.91. The standard InChI is InChI=1S/C16H30N2O/c1-13(2)15-4-3-8-18(15)11-16(7-9-19-12-16)10-17-14-5-6-14/h13-15,17H,3-12H2,1-2H3. The van der Waals surface area contributed by atoms with Gasteiger partial charge in [-0.3, -0.25) is 4.90 Å². The Kier molecular flexibility index (Phi) is 4.16. The first-order valence-corrected chi connectivity index (χ1v) is 8.24. The van der Waals surface area contributed by atoms with Crippen LogP contribution >= 0.6 is 0 Å². The maximum Gasteiger partial charge on any atom is 0.0547 e. The molecular formula is C16H30N2O. The molecule has 0 aromatic heterocycles. The predicted molar refractivity (Wildman–Crippen MR) is 78.3 cm³/mol. The lowest BCUT2D eigenvalue weighted by Crippen LogP contribution is -2.47. The fourth-order valence-electron chi connectivity index (χ4n) is 3.85. The van der Waals surface area contributed by atoms with Gasteiger partial charge in [0.2, 0.25) is 0 Å². The first-order chi connectivity index (χ1) is 9.19. The van der Waals surface area contributed by atoms with Gasteiger partial charge in [0.1, 0.15) is 0 Å². The minimum Gasteiger partial charge on any atom is -0.381 e. The Hall–Kier alpha value is -0.120. The van der Waals surface area contributed by atoms with Crippen LogP contribution in [0.15, 0.2) is 0 Å². The van der Waals surface area contributed by atoms with Gasteiger partial charge < -0.3 is 10.1 Å². The zero-order chi connectivity index (χ0) is 13.3. The maximum absolute atomic E-state index is 5.75. The lowest BCUT2D eigenvalue weighted by Gasteiger charge is -2.37. The first-order valence-electron chi connectivity index (χ1n) is 8.24. The van der Waals surface area contributed by atoms with Gasteiger partial charge in [0.15, 0.2) is 0 Å². The summed E-state index contributed by atoms with van der Waals surface area (Å²) in [4.78, 5) is 2.76. The quantitative estimate of drug-likeness (QED) is 0.798. The van der Waals surface area contributed by atoms with Crippen molar-refractivity contribution in [1.82, 2.24) is 10.2 Å². The van der Waals surface area contributed by atoms with Crippen LogP contribution in [-0.4, -0.2) is 49.8 Å². The SMILES string of the molecule is CC(C)C1CCCN1CC1(CNC2CC2)CCOC1. The third kappa shape index (κ3) is 3.32. The molecule has 2 heterocycles. The van der Waals surface area contributed by atoms with Gasteiger partial charge in [0.25, 0.3) is 0 Å². The second-order valence-corrected chi connectivity index (χ2v) is 7.38. The van der Waals surface area contributed by atoms with E-state index in [1.165, 1.54) is 51.7 Å². The number of ether oxygens (including phenoxy) is 1. The van der Waals surface area contributed by atoms with E-state index >= 15 is 0 Å². The van der Waals surface area contributed by atoms with Crippen molar-refractivity contribution in [1.29, 1.82) is 0 Å². The lowest BCUT2D eigenvalue weighted by atomic mass is 9.85. The van der Waals surface area contributed by atoms with Crippen LogP contribution in [0.1, 0.15) is 46.0 Å². The highest BCUT2D eigenvalue weighted by atomic mass is 16.5. The van der Waals surface area contributed by atoms with Crippen LogP contribution in [0.3, 0.4) is 0 Å². The smallest absolute Gasteiger partial charge is 0.0547 e. The summed E-state index contributed by atoms with van der Waals surface area (Å²) in [7, 11) is 0. The highest BCUT2D eigenvalue weighted by Crippen LogP contribution is 2.34. The van der Waals surface area contributed by atoms with Crippen molar-refractivity contribution in [2.45, 2.75) is 58.0 Å². The second-order valence-electron chi connectivity index (χ2n) is 7.38. The highest BCUT2D eigenvalue weighted by molar-refractivity contribution is 4.94. The Morgan fingerprint density at radius 1 is 1.32 bits per heavy atom. The molecule has 3 heteroatoms. The van der Waals surface area contributed by atoms with Crippen LogP contribution < -0.4 is 5.32 Å². The summed E-state index contributed by atoms with van der Waals surface area (Å²) in [6, 6.07) is 1.62. The Morgan fingerprint density at radius 3 is 2.79 bits per heavy atom. The number of nitrogens with one attached hydrogen (secondary N) is 1. The summed E-state index contributed by atoms with van der Waals surface area (Å²) in [6.07, 6.45) is 6.79. The van der Waals surface area contributed by atoms with E-state index in [-0.39, 0.29) is 0 Å². The van der Waals surface area contributed by atoms with Crippen molar-refractivity contribution in [3.05, 3.63) is 0 Å². The molecule has 3 rings (SSSR count). The summed E-state index contributed by atoms with van der Waals surface area (Å²) >= 11 is 0. The van der Waals surface area contributed by atoms with Crippen molar-refractivity contribution in [2.75, 3.05) is 32.8 Å². The molecule has 2 aliphatic heterocycles. The zero-order valence-corrected chi connectivity index (χ0v) is 12.7. The number of hydrogen-bond donors (Lipinski definition) is 1. The molecule has 0 aromatic rings. The molecule has 0 aromatic carbocycles. The van der Waals surface area contributed by atoms with Crippen LogP contribution in [0.5, 0.6) is 0 Å². The van der Waals surface area contributed by atoms with Gasteiger partial charge in [-0.1, -0.05) is 13.8 Å². The van der Waals surface area contributed by atoms with E-state index < -0.39 is 0 Å². The van der Waals surface area contributed by atoms with Gasteiger partial charge in [-0.2, -0.15) is 0 Å². The van der Waals surface area contributed by atoms with Crippen molar-refractivity contribution in [3.63, 3.8) is 0 Å². The van der Waals surface area contributed by atoms with Crippen molar-refractivity contribution in [2.24, 2.45) is 11.3 Å². The molecule has 3 nitrogen and oxygen atoms in total. The normalized spacial score (nSPS) is 36.5. The summed E-state index contributed by atoms with van der Waals surface area (Å²) in [5.74, 6) is 0.790. The Bertz CT molecular complexity index is 295. The van der Waals surface area contributed by atoms with Crippen molar-refractivity contribution in [3.8, 4) is 0 Å². The predicted octanol–water partition coefficient (Wildman–Crippen LogP) is 2.27. The number of rotatable bonds is 6. The molecule has 2 atom stereocenters. The Balaban J connectivity index is 1.59. The monoisotopic (exact) mass is 266 g/mol. The Morgan fingerprint density at radius 2 is 2.16 bits per heavy atom. The van der Waals surface area contributed by atoms with E-state index in [1.807, 2.05) is 0 Å². The first kappa shape index (κ1) is 13.8. The minimum atomic E-state index is 0.389. The highest BCUT2D eigenvalue weighted by Gasteiger charge is 2.40. The number of likely N-dealkylation sites (tertiary alicyclic amines) is 1. The fourth-order valence-corrected chi connectivity index (χ4v) is 3.85. The third-order valence-corrected chi connectivity index (χ3v) is 5.25. The molecule has 0 radical (unpaired) electrons. The summed E-state index contributed by atoms with van der Waals surface area (Å²) in [5.41, 5.74) is 0.389. The molecule has 19 heavy (non-hydrogen) atoms. The molecule has 0 amide bonds. The van der Waals surface area contributed by atoms with Gasteiger partial charge in [0.05, 0.1) is 6.61 Å². The Labute approximate surface area is 118 Å². The van der Waals surface area contributed by atoms with E-state index in [4.69, 9.17) is 4.74 Å². The van der Waals surface area contributed by atoms with E-state index in [0.717, 1.165) is 31.2 Å². The minimum absolute atomic E-state index is 0.389. The van der Waals surface area contributed by atoms with E-state index in [2.05, 4.69) is 24.1 Å². The molecule has 1 saturated carbocycles. The average molecular weight is 266 g/mol. The van der Waals surface area contributed by atoms with Gasteiger partial charge in [-0.25, -0.2) is 0 Å². The van der Waals surface area contributed by atoms with Crippen LogP contribution in [0, 0.1) is 11.3 Å². The van der Waals surface area contributed by atoms with E-state index in [9.17, 15) is 0 Å². The summed E-state index contributed by atoms with van der Waals surface area (Å²) in [5, 5.41) is 3.75. The maximum atomic E-state index is 5.75. The van der Waals surface area contributed by atoms with Crippen LogP contribution in [-0.2, 0) is 4.74 Å². The van der Waals surface area contributed by atoms with E-state index in [1.54, 1.807) is 0 Å². The molecule has 2 saturated heterocycles. The van der Waals surface area contributed by atoms with Crippen LogP contribution in [0.4, 0.5) is 0 Å². The molecule has 1 N–H and O–H groups in total. The number of hydrogen-bond acceptors (Lipinski definition) is 3. The van der Waals surface area contributed by atoms with Crippen LogP contribution in [0.2, 0.25) is 0 Å². The zero-order valence-electron chi connectivity index (χ0n) is 12.7.